The number of ether oxygens (including phenoxy) is 2. The molecule has 0 saturated carbocycles. The van der Waals surface area contributed by atoms with Crippen LogP contribution in [0.4, 0.5) is 0 Å². The number of methoxy groups -OCH3 is 2. The lowest BCUT2D eigenvalue weighted by molar-refractivity contribution is 0.148. The number of hydrogen-bond donors (Lipinski definition) is 1. The van der Waals surface area contributed by atoms with E-state index in [-0.39, 0.29) is 13.2 Å². The molecule has 1 aromatic rings. The van der Waals surface area contributed by atoms with Gasteiger partial charge < -0.3 is 23.6 Å². The zero-order chi connectivity index (χ0) is 15.2. The van der Waals surface area contributed by atoms with Gasteiger partial charge in [-0.25, -0.2) is 0 Å². The second kappa shape index (κ2) is 7.64. The summed E-state index contributed by atoms with van der Waals surface area (Å²) < 4.78 is 33.2. The Bertz CT molecular complexity index is 466. The summed E-state index contributed by atoms with van der Waals surface area (Å²) in [7, 11) is -0.718. The van der Waals surface area contributed by atoms with E-state index in [0.717, 1.165) is 0 Å². The molecular weight excluding hydrogens is 283 g/mol. The van der Waals surface area contributed by atoms with Gasteiger partial charge in [-0.15, -0.1) is 0 Å². The topological polar surface area (TPSA) is 74.2 Å². The molecule has 1 unspecified atom stereocenters. The highest BCUT2D eigenvalue weighted by Gasteiger charge is 2.37. The molecule has 0 saturated heterocycles. The van der Waals surface area contributed by atoms with E-state index in [1.54, 1.807) is 32.0 Å². The Morgan fingerprint density at radius 3 is 2.20 bits per heavy atom. The molecular formula is C13H21O6P. The third-order valence-corrected chi connectivity index (χ3v) is 4.75. The Hall–Kier alpha value is -1.07. The minimum atomic E-state index is -3.68. The Kier molecular flexibility index (Phi) is 6.49. The molecule has 0 aliphatic rings. The van der Waals surface area contributed by atoms with E-state index in [0.29, 0.717) is 17.1 Å². The maximum absolute atomic E-state index is 12.6. The van der Waals surface area contributed by atoms with E-state index in [4.69, 9.17) is 18.5 Å². The fraction of sp³-hybridized carbons (Fsp3) is 0.538. The molecule has 1 N–H and O–H groups in total. The molecule has 0 bridgehead atoms. The van der Waals surface area contributed by atoms with Crippen molar-refractivity contribution in [2.75, 3.05) is 27.4 Å². The van der Waals surface area contributed by atoms with E-state index in [9.17, 15) is 9.67 Å². The molecule has 0 aromatic heterocycles. The van der Waals surface area contributed by atoms with Crippen LogP contribution in [0.3, 0.4) is 0 Å². The zero-order valence-electron chi connectivity index (χ0n) is 12.2. The van der Waals surface area contributed by atoms with E-state index in [1.807, 2.05) is 0 Å². The average molecular weight is 304 g/mol. The molecule has 0 radical (unpaired) electrons. The van der Waals surface area contributed by atoms with Crippen molar-refractivity contribution in [2.24, 2.45) is 0 Å². The molecule has 0 heterocycles. The second-order valence-electron chi connectivity index (χ2n) is 3.86. The quantitative estimate of drug-likeness (QED) is 0.744. The van der Waals surface area contributed by atoms with Crippen LogP contribution in [-0.2, 0) is 13.6 Å². The molecule has 1 rings (SSSR count). The summed E-state index contributed by atoms with van der Waals surface area (Å²) in [4.78, 5) is 0. The third kappa shape index (κ3) is 3.73. The monoisotopic (exact) mass is 304 g/mol. The third-order valence-electron chi connectivity index (χ3n) is 2.63. The van der Waals surface area contributed by atoms with Crippen LogP contribution in [0, 0.1) is 0 Å². The van der Waals surface area contributed by atoms with Crippen molar-refractivity contribution < 1.29 is 28.2 Å². The number of aliphatic hydroxyl groups excluding tert-OH is 1. The predicted molar refractivity (Wildman–Crippen MR) is 75.4 cm³/mol. The molecule has 0 aliphatic carbocycles. The molecule has 0 fully saturated rings. The number of hydrogen-bond acceptors (Lipinski definition) is 6. The maximum Gasteiger partial charge on any atom is 0.363 e. The van der Waals surface area contributed by atoms with Crippen molar-refractivity contribution in [2.45, 2.75) is 19.7 Å². The lowest BCUT2D eigenvalue weighted by Crippen LogP contribution is -2.08. The van der Waals surface area contributed by atoms with Crippen molar-refractivity contribution in [3.63, 3.8) is 0 Å². The van der Waals surface area contributed by atoms with Gasteiger partial charge in [-0.3, -0.25) is 4.57 Å². The van der Waals surface area contributed by atoms with Gasteiger partial charge in [-0.2, -0.15) is 0 Å². The number of benzene rings is 1. The van der Waals surface area contributed by atoms with Crippen LogP contribution >= 0.6 is 7.60 Å². The first kappa shape index (κ1) is 17.0. The minimum Gasteiger partial charge on any atom is -0.497 e. The Morgan fingerprint density at radius 2 is 1.75 bits per heavy atom. The van der Waals surface area contributed by atoms with Gasteiger partial charge in [0.2, 0.25) is 0 Å². The van der Waals surface area contributed by atoms with Gasteiger partial charge in [-0.05, 0) is 32.0 Å². The van der Waals surface area contributed by atoms with Crippen molar-refractivity contribution in [1.82, 2.24) is 0 Å². The van der Waals surface area contributed by atoms with Crippen molar-refractivity contribution in [3.8, 4) is 11.5 Å². The molecule has 6 nitrogen and oxygen atoms in total. The molecule has 0 spiro atoms. The normalized spacial score (nSPS) is 13.1. The van der Waals surface area contributed by atoms with E-state index in [2.05, 4.69) is 0 Å². The Morgan fingerprint density at radius 1 is 1.15 bits per heavy atom. The summed E-state index contributed by atoms with van der Waals surface area (Å²) in [6, 6.07) is 4.86. The highest BCUT2D eigenvalue weighted by molar-refractivity contribution is 7.54. The van der Waals surface area contributed by atoms with Crippen LogP contribution in [0.5, 0.6) is 11.5 Å². The van der Waals surface area contributed by atoms with Gasteiger partial charge in [0, 0.05) is 5.56 Å². The molecule has 0 amide bonds. The van der Waals surface area contributed by atoms with Crippen LogP contribution in [0.25, 0.3) is 0 Å². The first-order valence-corrected chi connectivity index (χ1v) is 7.92. The van der Waals surface area contributed by atoms with Gasteiger partial charge in [0.15, 0.2) is 5.85 Å². The van der Waals surface area contributed by atoms with Gasteiger partial charge in [0.25, 0.3) is 0 Å². The summed E-state index contributed by atoms with van der Waals surface area (Å²) >= 11 is 0. The molecule has 114 valence electrons. The molecule has 0 aliphatic heterocycles. The molecule has 20 heavy (non-hydrogen) atoms. The molecule has 1 aromatic carbocycles. The van der Waals surface area contributed by atoms with Crippen LogP contribution in [0.1, 0.15) is 25.3 Å². The Balaban J connectivity index is 3.22. The summed E-state index contributed by atoms with van der Waals surface area (Å²) in [6.45, 7) is 3.70. The number of aliphatic hydroxyl groups is 1. The summed E-state index contributed by atoms with van der Waals surface area (Å²) in [5.41, 5.74) is 0.303. The largest absolute Gasteiger partial charge is 0.497 e. The van der Waals surface area contributed by atoms with Crippen LogP contribution < -0.4 is 9.47 Å². The van der Waals surface area contributed by atoms with Gasteiger partial charge in [-0.1, -0.05) is 0 Å². The molecule has 7 heteroatoms. The van der Waals surface area contributed by atoms with Gasteiger partial charge >= 0.3 is 7.60 Å². The highest BCUT2D eigenvalue weighted by Crippen LogP contribution is 2.61. The van der Waals surface area contributed by atoms with E-state index < -0.39 is 13.4 Å². The van der Waals surface area contributed by atoms with Crippen molar-refractivity contribution in [1.29, 1.82) is 0 Å². The van der Waals surface area contributed by atoms with Crippen LogP contribution in [0.15, 0.2) is 18.2 Å². The lowest BCUT2D eigenvalue weighted by Gasteiger charge is -2.24. The lowest BCUT2D eigenvalue weighted by atomic mass is 10.2. The maximum atomic E-state index is 12.6. The standard InChI is InChI=1S/C13H21O6P/c1-5-18-20(15,19-6-2)13(14)11-9-10(16-3)7-8-12(11)17-4/h7-9,13-14H,5-6H2,1-4H3. The highest BCUT2D eigenvalue weighted by atomic mass is 31.2. The van der Waals surface area contributed by atoms with E-state index in [1.165, 1.54) is 14.2 Å². The van der Waals surface area contributed by atoms with Gasteiger partial charge in [0.1, 0.15) is 11.5 Å². The first-order chi connectivity index (χ1) is 9.52. The summed E-state index contributed by atoms with van der Waals surface area (Å²) in [6.07, 6.45) is 0. The fourth-order valence-corrected chi connectivity index (χ4v) is 3.37. The SMILES string of the molecule is CCOP(=O)(OCC)C(O)c1cc(OC)ccc1OC. The summed E-state index contributed by atoms with van der Waals surface area (Å²) in [5, 5.41) is 10.4. The average Bonchev–Trinajstić information content (AvgIpc) is 2.46. The van der Waals surface area contributed by atoms with Gasteiger partial charge in [0.05, 0.1) is 27.4 Å². The van der Waals surface area contributed by atoms with Crippen LogP contribution in [-0.4, -0.2) is 32.5 Å². The van der Waals surface area contributed by atoms with Crippen LogP contribution in [0.2, 0.25) is 0 Å². The first-order valence-electron chi connectivity index (χ1n) is 6.31. The smallest absolute Gasteiger partial charge is 0.363 e. The zero-order valence-corrected chi connectivity index (χ0v) is 13.1. The number of rotatable bonds is 8. The minimum absolute atomic E-state index is 0.167. The fourth-order valence-electron chi connectivity index (χ4n) is 1.75. The summed E-state index contributed by atoms with van der Waals surface area (Å²) in [5.74, 6) is -0.537. The Labute approximate surface area is 119 Å². The molecule has 1 atom stereocenters. The predicted octanol–water partition coefficient (Wildman–Crippen LogP) is 2.96. The van der Waals surface area contributed by atoms with Crippen molar-refractivity contribution in [3.05, 3.63) is 23.8 Å². The second-order valence-corrected chi connectivity index (χ2v) is 5.94. The van der Waals surface area contributed by atoms with E-state index >= 15 is 0 Å². The van der Waals surface area contributed by atoms with Crippen molar-refractivity contribution >= 4 is 7.60 Å².